The molecule has 1 N–H and O–H groups in total. The minimum atomic E-state index is -0.818. The number of rotatable bonds is 7. The SMILES string of the molecule is CCC1=C(CCCO)C[C]([Zr+2][C]2=C(C)C(C)=C(C)C2(C)C)=C1[SiH](C)C.[Cl-].[Cl-]. The van der Waals surface area contributed by atoms with Gasteiger partial charge >= 0.3 is 169 Å². The average molecular weight is 507 g/mol. The smallest absolute Gasteiger partial charge is 1.00 e. The minimum Gasteiger partial charge on any atom is -1.00 e. The van der Waals surface area contributed by atoms with Crippen LogP contribution in [0.25, 0.3) is 0 Å². The summed E-state index contributed by atoms with van der Waals surface area (Å²) in [4.78, 5) is 0. The molecule has 0 heterocycles. The molecular weight excluding hydrogens is 470 g/mol. The summed E-state index contributed by atoms with van der Waals surface area (Å²) in [7, 11) is -0.818. The van der Waals surface area contributed by atoms with Crippen molar-refractivity contribution < 1.29 is 53.2 Å². The molecule has 0 aliphatic heterocycles. The Kier molecular flexibility index (Phi) is 11.4. The zero-order valence-electron chi connectivity index (χ0n) is 18.3. The van der Waals surface area contributed by atoms with Gasteiger partial charge in [-0.05, 0) is 0 Å². The van der Waals surface area contributed by atoms with Crippen molar-refractivity contribution in [2.24, 2.45) is 5.41 Å². The van der Waals surface area contributed by atoms with Gasteiger partial charge in [0.05, 0.1) is 0 Å². The first kappa shape index (κ1) is 27.6. The molecule has 0 unspecified atom stereocenters. The Labute approximate surface area is 192 Å². The topological polar surface area (TPSA) is 20.2 Å². The first-order chi connectivity index (χ1) is 11.7. The van der Waals surface area contributed by atoms with Gasteiger partial charge in [-0.1, -0.05) is 0 Å². The molecule has 0 amide bonds. The fourth-order valence-corrected chi connectivity index (χ4v) is 13.4. The first-order valence-electron chi connectivity index (χ1n) is 9.88. The van der Waals surface area contributed by atoms with Gasteiger partial charge in [0.2, 0.25) is 0 Å². The van der Waals surface area contributed by atoms with Crippen LogP contribution in [-0.4, -0.2) is 20.5 Å². The van der Waals surface area contributed by atoms with E-state index in [0.717, 1.165) is 12.8 Å². The van der Waals surface area contributed by atoms with E-state index < -0.39 is 32.0 Å². The van der Waals surface area contributed by atoms with E-state index in [1.54, 1.807) is 27.9 Å². The predicted octanol–water partition coefficient (Wildman–Crippen LogP) is -0.110. The molecule has 2 rings (SSSR count). The second-order valence-electron chi connectivity index (χ2n) is 8.49. The number of aliphatic hydroxyl groups excluding tert-OH is 1. The van der Waals surface area contributed by atoms with Gasteiger partial charge in [-0.15, -0.1) is 0 Å². The van der Waals surface area contributed by atoms with Crippen molar-refractivity contribution in [1.29, 1.82) is 0 Å². The maximum absolute atomic E-state index is 9.29. The summed E-state index contributed by atoms with van der Waals surface area (Å²) in [6, 6.07) is 0. The monoisotopic (exact) mass is 504 g/mol. The van der Waals surface area contributed by atoms with E-state index in [2.05, 4.69) is 54.6 Å². The summed E-state index contributed by atoms with van der Waals surface area (Å²) in [5, 5.41) is 11.1. The molecule has 1 nitrogen and oxygen atoms in total. The van der Waals surface area contributed by atoms with Crippen LogP contribution in [0.3, 0.4) is 0 Å². The molecule has 0 saturated heterocycles. The van der Waals surface area contributed by atoms with Gasteiger partial charge in [-0.3, -0.25) is 0 Å². The third-order valence-corrected chi connectivity index (χ3v) is 13.8. The summed E-state index contributed by atoms with van der Waals surface area (Å²) in [5.74, 6) is 0. The maximum Gasteiger partial charge on any atom is -1.00 e. The van der Waals surface area contributed by atoms with Gasteiger partial charge in [-0.2, -0.15) is 0 Å². The van der Waals surface area contributed by atoms with Crippen LogP contribution in [0.15, 0.2) is 39.6 Å². The minimum absolute atomic E-state index is 0. The number of allylic oxidation sites excluding steroid dienone is 8. The fourth-order valence-electron chi connectivity index (χ4n) is 4.56. The molecule has 0 saturated carbocycles. The Morgan fingerprint density at radius 3 is 2.07 bits per heavy atom. The molecule has 152 valence electrons. The van der Waals surface area contributed by atoms with Crippen LogP contribution in [0, 0.1) is 5.41 Å². The number of aliphatic hydroxyl groups is 1. The summed E-state index contributed by atoms with van der Waals surface area (Å²) in [5.41, 5.74) is 8.38. The molecule has 0 aromatic carbocycles. The molecule has 0 fully saturated rings. The van der Waals surface area contributed by atoms with Gasteiger partial charge in [0.15, 0.2) is 0 Å². The Hall–Kier alpha value is 0.600. The van der Waals surface area contributed by atoms with Crippen molar-refractivity contribution in [2.45, 2.75) is 80.3 Å². The van der Waals surface area contributed by atoms with E-state index in [4.69, 9.17) is 0 Å². The van der Waals surface area contributed by atoms with E-state index in [-0.39, 0.29) is 30.2 Å². The van der Waals surface area contributed by atoms with Crippen LogP contribution in [-0.2, 0) is 23.2 Å². The Bertz CT molecular complexity index is 684. The summed E-state index contributed by atoms with van der Waals surface area (Å²) in [6.07, 6.45) is 4.45. The molecular formula is C22H36Cl2OSiZr. The second-order valence-corrected chi connectivity index (χ2v) is 14.7. The van der Waals surface area contributed by atoms with Crippen molar-refractivity contribution in [3.63, 3.8) is 0 Å². The molecule has 0 aromatic heterocycles. The van der Waals surface area contributed by atoms with E-state index >= 15 is 0 Å². The first-order valence-corrected chi connectivity index (χ1v) is 15.2. The summed E-state index contributed by atoms with van der Waals surface area (Å²) >= 11 is -0.735. The van der Waals surface area contributed by atoms with E-state index in [1.807, 2.05) is 11.8 Å². The van der Waals surface area contributed by atoms with Crippen LogP contribution in [0.1, 0.15) is 67.2 Å². The Balaban J connectivity index is 0.00000338. The van der Waals surface area contributed by atoms with Gasteiger partial charge in [0.25, 0.3) is 0 Å². The Morgan fingerprint density at radius 2 is 1.67 bits per heavy atom. The number of hydrogen-bond donors (Lipinski definition) is 1. The normalized spacial score (nSPS) is 19.0. The van der Waals surface area contributed by atoms with Crippen LogP contribution >= 0.6 is 0 Å². The van der Waals surface area contributed by atoms with Gasteiger partial charge in [0, 0.05) is 0 Å². The Morgan fingerprint density at radius 1 is 1.07 bits per heavy atom. The third kappa shape index (κ3) is 5.40. The molecule has 2 aliphatic carbocycles. The molecule has 0 radical (unpaired) electrons. The standard InChI is InChI=1S/C12H21OSi.C10H15.2ClH.Zr/c1-4-11-10(6-5-9-13)7-8-12(11)14(2)3;1-7-6-10(4,5)9(3)8(7)2;;;/h13-14H,4-7,9H2,1-3H3;1-5H3;2*1H;/q;;;;+2/p-2. The van der Waals surface area contributed by atoms with Crippen molar-refractivity contribution in [1.82, 2.24) is 0 Å². The van der Waals surface area contributed by atoms with Crippen molar-refractivity contribution >= 4 is 8.80 Å². The van der Waals surface area contributed by atoms with E-state index in [9.17, 15) is 5.11 Å². The third-order valence-electron chi connectivity index (χ3n) is 6.37. The van der Waals surface area contributed by atoms with Crippen LogP contribution in [0.2, 0.25) is 13.1 Å². The molecule has 0 bridgehead atoms. The molecule has 0 spiro atoms. The van der Waals surface area contributed by atoms with Crippen molar-refractivity contribution in [3.8, 4) is 0 Å². The average Bonchev–Trinajstić information content (AvgIpc) is 2.98. The van der Waals surface area contributed by atoms with Crippen LogP contribution in [0.4, 0.5) is 0 Å². The molecule has 0 aromatic rings. The number of hydrogen-bond acceptors (Lipinski definition) is 1. The van der Waals surface area contributed by atoms with E-state index in [0.29, 0.717) is 6.61 Å². The van der Waals surface area contributed by atoms with Gasteiger partial charge in [0.1, 0.15) is 0 Å². The number of halogens is 2. The van der Waals surface area contributed by atoms with Gasteiger partial charge < -0.3 is 24.8 Å². The molecule has 2 aliphatic rings. The van der Waals surface area contributed by atoms with E-state index in [1.165, 1.54) is 12.8 Å². The summed E-state index contributed by atoms with van der Waals surface area (Å²) in [6.45, 7) is 19.6. The molecule has 27 heavy (non-hydrogen) atoms. The van der Waals surface area contributed by atoms with Crippen LogP contribution < -0.4 is 24.8 Å². The maximum atomic E-state index is 9.29. The largest absolute Gasteiger partial charge is 1.00 e. The quantitative estimate of drug-likeness (QED) is 0.478. The van der Waals surface area contributed by atoms with Crippen molar-refractivity contribution in [3.05, 3.63) is 39.6 Å². The second kappa shape index (κ2) is 11.1. The summed E-state index contributed by atoms with van der Waals surface area (Å²) < 4.78 is 3.69. The van der Waals surface area contributed by atoms with Crippen molar-refractivity contribution in [2.75, 3.05) is 6.61 Å². The zero-order chi connectivity index (χ0) is 18.9. The zero-order valence-corrected chi connectivity index (χ0v) is 23.4. The fraction of sp³-hybridized carbons (Fsp3) is 0.636. The van der Waals surface area contributed by atoms with Crippen LogP contribution in [0.5, 0.6) is 0 Å². The van der Waals surface area contributed by atoms with Gasteiger partial charge in [-0.25, -0.2) is 0 Å². The molecule has 0 atom stereocenters. The predicted molar refractivity (Wildman–Crippen MR) is 109 cm³/mol. The molecule has 5 heteroatoms.